The quantitative estimate of drug-likeness (QED) is 0.379. The summed E-state index contributed by atoms with van der Waals surface area (Å²) in [6, 6.07) is 16.7. The Bertz CT molecular complexity index is 1340. The molecule has 0 unspecified atom stereocenters. The Labute approximate surface area is 209 Å². The molecule has 0 aliphatic carbocycles. The van der Waals surface area contributed by atoms with E-state index in [1.54, 1.807) is 36.7 Å². The highest BCUT2D eigenvalue weighted by molar-refractivity contribution is 5.89. The third kappa shape index (κ3) is 6.05. The maximum atomic E-state index is 12.4. The number of carbonyl (C=O) groups is 1. The number of benzene rings is 1. The first-order valence-corrected chi connectivity index (χ1v) is 12.0. The fourth-order valence-electron chi connectivity index (χ4n) is 3.98. The number of aryl methyl sites for hydroxylation is 1. The number of pyridine rings is 1. The molecule has 1 aliphatic rings. The van der Waals surface area contributed by atoms with Crippen molar-refractivity contribution in [1.29, 1.82) is 0 Å². The van der Waals surface area contributed by atoms with E-state index in [0.717, 1.165) is 37.2 Å². The largest absolute Gasteiger partial charge is 0.459 e. The molecule has 4 aromatic rings. The van der Waals surface area contributed by atoms with Crippen molar-refractivity contribution in [2.75, 3.05) is 18.4 Å². The fraction of sp³-hybridized carbons (Fsp3) is 0.259. The first kappa shape index (κ1) is 23.5. The molecule has 4 heterocycles. The lowest BCUT2D eigenvalue weighted by Crippen LogP contribution is -2.33. The minimum atomic E-state index is -0.277. The molecule has 1 aliphatic heterocycles. The van der Waals surface area contributed by atoms with Gasteiger partial charge in [0.15, 0.2) is 5.82 Å². The number of nitrogens with zero attached hydrogens (tertiary/aromatic N) is 5. The highest BCUT2D eigenvalue weighted by atomic mass is 16.5. The molecule has 1 fully saturated rings. The Morgan fingerprint density at radius 1 is 0.944 bits per heavy atom. The van der Waals surface area contributed by atoms with Crippen LogP contribution in [0.1, 0.15) is 40.3 Å². The van der Waals surface area contributed by atoms with Crippen LogP contribution in [-0.4, -0.2) is 50.1 Å². The number of carbonyl (C=O) groups excluding carboxylic acids is 1. The zero-order valence-electron chi connectivity index (χ0n) is 20.0. The molecule has 2 N–H and O–H groups in total. The van der Waals surface area contributed by atoms with Crippen LogP contribution in [0.3, 0.4) is 0 Å². The van der Waals surface area contributed by atoms with Crippen LogP contribution < -0.4 is 10.6 Å². The van der Waals surface area contributed by atoms with Crippen molar-refractivity contribution in [1.82, 2.24) is 30.2 Å². The van der Waals surface area contributed by atoms with Gasteiger partial charge in [-0.2, -0.15) is 0 Å². The van der Waals surface area contributed by atoms with Gasteiger partial charge in [-0.25, -0.2) is 29.7 Å². The van der Waals surface area contributed by atoms with Gasteiger partial charge in [0.05, 0.1) is 5.56 Å². The van der Waals surface area contributed by atoms with E-state index in [0.29, 0.717) is 41.0 Å². The number of hydrogen-bond donors (Lipinski definition) is 2. The van der Waals surface area contributed by atoms with Gasteiger partial charge in [0.25, 0.3) is 0 Å². The first-order valence-electron chi connectivity index (χ1n) is 12.0. The van der Waals surface area contributed by atoms with Gasteiger partial charge >= 0.3 is 5.97 Å². The van der Waals surface area contributed by atoms with E-state index in [1.807, 2.05) is 37.3 Å². The van der Waals surface area contributed by atoms with Gasteiger partial charge in [0.1, 0.15) is 29.3 Å². The lowest BCUT2D eigenvalue weighted by Gasteiger charge is -2.22. The normalized spacial score (nSPS) is 13.8. The van der Waals surface area contributed by atoms with Crippen LogP contribution in [-0.2, 0) is 11.2 Å². The van der Waals surface area contributed by atoms with Gasteiger partial charge in [-0.3, -0.25) is 0 Å². The molecule has 0 spiro atoms. The number of esters is 1. The van der Waals surface area contributed by atoms with E-state index in [1.165, 1.54) is 0 Å². The molecule has 0 bridgehead atoms. The maximum absolute atomic E-state index is 12.4. The summed E-state index contributed by atoms with van der Waals surface area (Å²) in [5, 5.41) is 6.49. The van der Waals surface area contributed by atoms with Crippen LogP contribution in [0, 0.1) is 6.92 Å². The average molecular weight is 482 g/mol. The number of anilines is 2. The molecule has 9 nitrogen and oxygen atoms in total. The summed E-state index contributed by atoms with van der Waals surface area (Å²) >= 11 is 0. The molecule has 36 heavy (non-hydrogen) atoms. The molecule has 5 rings (SSSR count). The molecule has 1 aromatic carbocycles. The topological polar surface area (TPSA) is 115 Å². The van der Waals surface area contributed by atoms with Crippen LogP contribution >= 0.6 is 0 Å². The number of hydrogen-bond acceptors (Lipinski definition) is 9. The van der Waals surface area contributed by atoms with E-state index in [9.17, 15) is 4.79 Å². The minimum absolute atomic E-state index is 0.0129. The summed E-state index contributed by atoms with van der Waals surface area (Å²) in [5.41, 5.74) is 3.17. The molecule has 0 amide bonds. The molecular weight excluding hydrogens is 454 g/mol. The third-order valence-corrected chi connectivity index (χ3v) is 5.85. The second kappa shape index (κ2) is 11.0. The molecule has 0 radical (unpaired) electrons. The summed E-state index contributed by atoms with van der Waals surface area (Å²) in [7, 11) is 0. The molecule has 182 valence electrons. The third-order valence-electron chi connectivity index (χ3n) is 5.85. The van der Waals surface area contributed by atoms with Crippen LogP contribution in [0.2, 0.25) is 0 Å². The average Bonchev–Trinajstić information content (AvgIpc) is 2.90. The predicted octanol–water partition coefficient (Wildman–Crippen LogP) is 3.88. The monoisotopic (exact) mass is 481 g/mol. The zero-order chi connectivity index (χ0) is 24.7. The van der Waals surface area contributed by atoms with Crippen molar-refractivity contribution in [2.45, 2.75) is 32.3 Å². The summed E-state index contributed by atoms with van der Waals surface area (Å²) in [5.74, 6) is 2.16. The summed E-state index contributed by atoms with van der Waals surface area (Å²) in [6.45, 7) is 3.70. The van der Waals surface area contributed by atoms with Crippen molar-refractivity contribution in [3.8, 4) is 11.5 Å². The highest BCUT2D eigenvalue weighted by Gasteiger charge is 2.18. The number of piperidine rings is 1. The second-order valence-electron chi connectivity index (χ2n) is 8.64. The maximum Gasteiger partial charge on any atom is 0.338 e. The molecule has 9 heteroatoms. The number of ether oxygens (including phenoxy) is 1. The first-order chi connectivity index (χ1) is 17.6. The predicted molar refractivity (Wildman–Crippen MR) is 136 cm³/mol. The van der Waals surface area contributed by atoms with Crippen LogP contribution in [0.15, 0.2) is 67.0 Å². The lowest BCUT2D eigenvalue weighted by atomic mass is 10.1. The SMILES string of the molecule is Cc1cccc(-c2nccc(Nc3ccnc(Cc4ccc(C(=O)OC5CCNCC5)cc4)n3)n2)n1. The Morgan fingerprint density at radius 3 is 2.47 bits per heavy atom. The van der Waals surface area contributed by atoms with Crippen LogP contribution in [0.4, 0.5) is 11.6 Å². The molecule has 1 saturated heterocycles. The Morgan fingerprint density at radius 2 is 1.69 bits per heavy atom. The van der Waals surface area contributed by atoms with E-state index in [-0.39, 0.29) is 12.1 Å². The van der Waals surface area contributed by atoms with E-state index in [2.05, 4.69) is 35.6 Å². The van der Waals surface area contributed by atoms with Gasteiger partial charge in [-0.15, -0.1) is 0 Å². The van der Waals surface area contributed by atoms with Gasteiger partial charge in [0.2, 0.25) is 0 Å². The Hall–Kier alpha value is -4.24. The molecule has 0 atom stereocenters. The lowest BCUT2D eigenvalue weighted by molar-refractivity contribution is 0.0229. The second-order valence-corrected chi connectivity index (χ2v) is 8.64. The van der Waals surface area contributed by atoms with Crippen molar-refractivity contribution in [3.63, 3.8) is 0 Å². The van der Waals surface area contributed by atoms with Crippen molar-refractivity contribution < 1.29 is 9.53 Å². The number of nitrogens with one attached hydrogen (secondary N) is 2. The Kier molecular flexibility index (Phi) is 7.18. The van der Waals surface area contributed by atoms with E-state index in [4.69, 9.17) is 4.74 Å². The summed E-state index contributed by atoms with van der Waals surface area (Å²) in [4.78, 5) is 34.8. The molecular formula is C27H27N7O2. The van der Waals surface area contributed by atoms with E-state index >= 15 is 0 Å². The minimum Gasteiger partial charge on any atom is -0.459 e. The van der Waals surface area contributed by atoms with Crippen LogP contribution in [0.25, 0.3) is 11.5 Å². The molecule has 0 saturated carbocycles. The smallest absolute Gasteiger partial charge is 0.338 e. The fourth-order valence-corrected chi connectivity index (χ4v) is 3.98. The van der Waals surface area contributed by atoms with Gasteiger partial charge in [-0.1, -0.05) is 18.2 Å². The van der Waals surface area contributed by atoms with Crippen molar-refractivity contribution in [2.24, 2.45) is 0 Å². The summed E-state index contributed by atoms with van der Waals surface area (Å²) < 4.78 is 5.62. The van der Waals surface area contributed by atoms with E-state index < -0.39 is 0 Å². The van der Waals surface area contributed by atoms with Gasteiger partial charge in [0, 0.05) is 24.5 Å². The Balaban J connectivity index is 1.23. The van der Waals surface area contributed by atoms with Crippen molar-refractivity contribution in [3.05, 3.63) is 89.6 Å². The van der Waals surface area contributed by atoms with Gasteiger partial charge < -0.3 is 15.4 Å². The van der Waals surface area contributed by atoms with Crippen molar-refractivity contribution >= 4 is 17.6 Å². The number of aromatic nitrogens is 5. The van der Waals surface area contributed by atoms with Gasteiger partial charge in [-0.05, 0) is 74.8 Å². The molecule has 3 aromatic heterocycles. The number of rotatable bonds is 7. The van der Waals surface area contributed by atoms with Crippen LogP contribution in [0.5, 0.6) is 0 Å². The summed E-state index contributed by atoms with van der Waals surface area (Å²) in [6.07, 6.45) is 5.62. The standard InChI is InChI=1S/C27H27N7O2/c1-18-3-2-4-22(31-18)26-30-16-12-24(34-26)32-23-11-15-29-25(33-23)17-19-5-7-20(8-6-19)27(35)36-21-9-13-28-14-10-21/h2-8,11-12,15-16,21,28H,9-10,13-14,17H2,1H3,(H,29,30,32,33,34). The zero-order valence-corrected chi connectivity index (χ0v) is 20.0. The highest BCUT2D eigenvalue weighted by Crippen LogP contribution is 2.18.